The average Bonchev–Trinajstić information content (AvgIpc) is 2.44. The highest BCUT2D eigenvalue weighted by molar-refractivity contribution is 7.89. The van der Waals surface area contributed by atoms with Gasteiger partial charge in [0.2, 0.25) is 10.0 Å². The molecule has 5 heteroatoms. The van der Waals surface area contributed by atoms with E-state index in [0.717, 1.165) is 37.8 Å². The first-order valence-corrected chi connectivity index (χ1v) is 9.06. The number of hydrogen-bond donors (Lipinski definition) is 2. The molecule has 2 N–H and O–H groups in total. The molecule has 1 atom stereocenters. The summed E-state index contributed by atoms with van der Waals surface area (Å²) in [7, 11) is -3.22. The minimum absolute atomic E-state index is 0.0591. The van der Waals surface area contributed by atoms with Gasteiger partial charge in [-0.3, -0.25) is 0 Å². The number of rotatable bonds is 7. The van der Waals surface area contributed by atoms with Crippen LogP contribution < -0.4 is 10.0 Å². The highest BCUT2D eigenvalue weighted by Crippen LogP contribution is 2.29. The molecule has 0 aliphatic heterocycles. The van der Waals surface area contributed by atoms with E-state index in [4.69, 9.17) is 0 Å². The lowest BCUT2D eigenvalue weighted by molar-refractivity contribution is 0.506. The van der Waals surface area contributed by atoms with Gasteiger partial charge in [-0.15, -0.1) is 0 Å². The molecule has 0 aromatic heterocycles. The Morgan fingerprint density at radius 1 is 1.25 bits per heavy atom. The van der Waals surface area contributed by atoms with Crippen molar-refractivity contribution in [2.75, 3.05) is 18.8 Å². The van der Waals surface area contributed by atoms with Crippen LogP contribution >= 0.6 is 0 Å². The van der Waals surface area contributed by atoms with Crippen molar-refractivity contribution >= 4 is 10.0 Å². The number of aryl methyl sites for hydroxylation is 1. The number of benzene rings is 1. The van der Waals surface area contributed by atoms with Gasteiger partial charge in [-0.1, -0.05) is 31.2 Å². The van der Waals surface area contributed by atoms with Crippen molar-refractivity contribution in [3.05, 3.63) is 35.4 Å². The molecule has 0 saturated heterocycles. The molecule has 4 nitrogen and oxygen atoms in total. The maximum Gasteiger partial charge on any atom is 0.213 e. The fourth-order valence-electron chi connectivity index (χ4n) is 2.66. The number of sulfonamides is 1. The van der Waals surface area contributed by atoms with Crippen molar-refractivity contribution in [2.24, 2.45) is 0 Å². The van der Waals surface area contributed by atoms with Gasteiger partial charge in [0.25, 0.3) is 0 Å². The summed E-state index contributed by atoms with van der Waals surface area (Å²) in [5.41, 5.74) is 2.42. The third kappa shape index (κ3) is 4.30. The summed E-state index contributed by atoms with van der Waals surface area (Å²) in [4.78, 5) is 0. The highest BCUT2D eigenvalue weighted by Gasteiger charge is 2.23. The molecule has 1 aliphatic rings. The Balaban J connectivity index is 1.96. The third-order valence-corrected chi connectivity index (χ3v) is 5.05. The highest BCUT2D eigenvalue weighted by atomic mass is 32.2. The van der Waals surface area contributed by atoms with Gasteiger partial charge >= 0.3 is 0 Å². The van der Waals surface area contributed by atoms with Crippen LogP contribution in [0.5, 0.6) is 0 Å². The number of fused-ring (bicyclic) bond motifs is 1. The van der Waals surface area contributed by atoms with Gasteiger partial charge in [0.15, 0.2) is 0 Å². The Kier molecular flexibility index (Phi) is 5.57. The maximum absolute atomic E-state index is 12.1. The van der Waals surface area contributed by atoms with Gasteiger partial charge in [0.1, 0.15) is 0 Å². The Hall–Kier alpha value is -0.910. The zero-order chi connectivity index (χ0) is 14.4. The summed E-state index contributed by atoms with van der Waals surface area (Å²) in [6.45, 7) is 3.44. The second kappa shape index (κ2) is 7.20. The van der Waals surface area contributed by atoms with Crippen LogP contribution in [0.1, 0.15) is 43.4 Å². The molecule has 2 rings (SSSR count). The molecular weight excluding hydrogens is 272 g/mol. The predicted octanol–water partition coefficient (Wildman–Crippen LogP) is 1.98. The van der Waals surface area contributed by atoms with E-state index in [9.17, 15) is 8.42 Å². The molecule has 0 amide bonds. The van der Waals surface area contributed by atoms with E-state index in [1.165, 1.54) is 5.56 Å². The summed E-state index contributed by atoms with van der Waals surface area (Å²) < 4.78 is 27.1. The van der Waals surface area contributed by atoms with E-state index in [1.807, 2.05) is 18.2 Å². The molecule has 0 bridgehead atoms. The maximum atomic E-state index is 12.1. The second-order valence-corrected chi connectivity index (χ2v) is 7.20. The van der Waals surface area contributed by atoms with Crippen molar-refractivity contribution in [1.29, 1.82) is 0 Å². The van der Waals surface area contributed by atoms with Crippen LogP contribution in [0.4, 0.5) is 0 Å². The smallest absolute Gasteiger partial charge is 0.213 e. The summed E-state index contributed by atoms with van der Waals surface area (Å²) in [5.74, 6) is 0.145. The van der Waals surface area contributed by atoms with Crippen molar-refractivity contribution in [1.82, 2.24) is 10.0 Å². The van der Waals surface area contributed by atoms with Crippen molar-refractivity contribution in [2.45, 2.75) is 38.6 Å². The number of nitrogens with one attached hydrogen (secondary N) is 2. The third-order valence-electron chi connectivity index (χ3n) is 3.67. The van der Waals surface area contributed by atoms with Crippen molar-refractivity contribution in [3.63, 3.8) is 0 Å². The minimum atomic E-state index is -3.22. The first-order chi connectivity index (χ1) is 9.62. The van der Waals surface area contributed by atoms with E-state index in [-0.39, 0.29) is 11.8 Å². The molecule has 1 aromatic rings. The first kappa shape index (κ1) is 15.5. The van der Waals surface area contributed by atoms with Gasteiger partial charge in [0, 0.05) is 12.6 Å². The van der Waals surface area contributed by atoms with E-state index < -0.39 is 10.0 Å². The SMILES string of the molecule is CCCNCCS(=O)(=O)NC1CCCc2ccccc21. The molecular formula is C15H24N2O2S. The van der Waals surface area contributed by atoms with Crippen LogP contribution in [-0.2, 0) is 16.4 Å². The normalized spacial score (nSPS) is 18.8. The lowest BCUT2D eigenvalue weighted by Crippen LogP contribution is -2.36. The molecule has 1 aromatic carbocycles. The van der Waals surface area contributed by atoms with E-state index in [1.54, 1.807) is 0 Å². The van der Waals surface area contributed by atoms with Gasteiger partial charge in [-0.05, 0) is 43.4 Å². The van der Waals surface area contributed by atoms with Crippen LogP contribution in [0.25, 0.3) is 0 Å². The van der Waals surface area contributed by atoms with E-state index in [0.29, 0.717) is 6.54 Å². The van der Waals surface area contributed by atoms with Gasteiger partial charge in [-0.2, -0.15) is 0 Å². The lowest BCUT2D eigenvalue weighted by Gasteiger charge is -2.26. The van der Waals surface area contributed by atoms with E-state index in [2.05, 4.69) is 23.0 Å². The van der Waals surface area contributed by atoms with Gasteiger partial charge < -0.3 is 5.32 Å². The van der Waals surface area contributed by atoms with Crippen LogP contribution in [0.3, 0.4) is 0 Å². The van der Waals surface area contributed by atoms with Crippen molar-refractivity contribution in [3.8, 4) is 0 Å². The van der Waals surface area contributed by atoms with Gasteiger partial charge in [0.05, 0.1) is 5.75 Å². The molecule has 112 valence electrons. The molecule has 1 aliphatic carbocycles. The number of hydrogen-bond acceptors (Lipinski definition) is 3. The molecule has 0 radical (unpaired) electrons. The van der Waals surface area contributed by atoms with Crippen LogP contribution in [0, 0.1) is 0 Å². The van der Waals surface area contributed by atoms with Crippen LogP contribution in [0.15, 0.2) is 24.3 Å². The zero-order valence-electron chi connectivity index (χ0n) is 12.1. The summed E-state index contributed by atoms with van der Waals surface area (Å²) in [5, 5.41) is 3.13. The molecule has 0 saturated carbocycles. The van der Waals surface area contributed by atoms with Crippen LogP contribution in [-0.4, -0.2) is 27.3 Å². The average molecular weight is 296 g/mol. The Morgan fingerprint density at radius 3 is 2.85 bits per heavy atom. The molecule has 20 heavy (non-hydrogen) atoms. The zero-order valence-corrected chi connectivity index (χ0v) is 12.9. The quantitative estimate of drug-likeness (QED) is 0.757. The van der Waals surface area contributed by atoms with Crippen molar-refractivity contribution < 1.29 is 8.42 Å². The largest absolute Gasteiger partial charge is 0.316 e. The predicted molar refractivity (Wildman–Crippen MR) is 82.2 cm³/mol. The minimum Gasteiger partial charge on any atom is -0.316 e. The second-order valence-electron chi connectivity index (χ2n) is 5.33. The monoisotopic (exact) mass is 296 g/mol. The van der Waals surface area contributed by atoms with Crippen LogP contribution in [0.2, 0.25) is 0 Å². The standard InChI is InChI=1S/C15H24N2O2S/c1-2-10-16-11-12-20(18,19)17-15-9-5-7-13-6-3-4-8-14(13)15/h3-4,6,8,15-17H,2,5,7,9-12H2,1H3. The lowest BCUT2D eigenvalue weighted by atomic mass is 9.88. The summed E-state index contributed by atoms with van der Waals surface area (Å²) in [6.07, 6.45) is 3.99. The molecule has 0 fully saturated rings. The Morgan fingerprint density at radius 2 is 2.05 bits per heavy atom. The van der Waals surface area contributed by atoms with Gasteiger partial charge in [-0.25, -0.2) is 13.1 Å². The molecule has 1 unspecified atom stereocenters. The topological polar surface area (TPSA) is 58.2 Å². The molecule has 0 heterocycles. The Labute approximate surface area is 122 Å². The molecule has 0 spiro atoms. The summed E-state index contributed by atoms with van der Waals surface area (Å²) >= 11 is 0. The first-order valence-electron chi connectivity index (χ1n) is 7.41. The van der Waals surface area contributed by atoms with E-state index >= 15 is 0 Å². The Bertz CT molecular complexity index is 528. The summed E-state index contributed by atoms with van der Waals surface area (Å²) in [6, 6.07) is 8.07. The fraction of sp³-hybridized carbons (Fsp3) is 0.600. The fourth-order valence-corrected chi connectivity index (χ4v) is 3.87.